The highest BCUT2D eigenvalue weighted by atomic mass is 16.6. The van der Waals surface area contributed by atoms with Gasteiger partial charge in [0.15, 0.2) is 0 Å². The monoisotopic (exact) mass is 370 g/mol. The Morgan fingerprint density at radius 1 is 0.885 bits per heavy atom. The molecule has 1 aliphatic rings. The molecule has 1 rings (SSSR count). The smallest absolute Gasteiger partial charge is 0.104 e. The van der Waals surface area contributed by atoms with Crippen LogP contribution in [0.25, 0.3) is 0 Å². The number of unbranched alkanes of at least 4 members (excludes halogenated alkanes) is 4. The van der Waals surface area contributed by atoms with Gasteiger partial charge in [0.25, 0.3) is 0 Å². The normalized spacial score (nSPS) is 24.9. The maximum Gasteiger partial charge on any atom is 0.104 e. The minimum atomic E-state index is 0.0820. The van der Waals surface area contributed by atoms with Gasteiger partial charge in [0.05, 0.1) is 19.3 Å². The third-order valence-electron chi connectivity index (χ3n) is 5.75. The van der Waals surface area contributed by atoms with Crippen molar-refractivity contribution in [2.24, 2.45) is 17.8 Å². The van der Waals surface area contributed by atoms with Crippen molar-refractivity contribution < 1.29 is 14.2 Å². The van der Waals surface area contributed by atoms with E-state index in [9.17, 15) is 0 Å². The predicted octanol–water partition coefficient (Wildman–Crippen LogP) is 6.25. The van der Waals surface area contributed by atoms with Crippen LogP contribution in [0.2, 0.25) is 0 Å². The summed E-state index contributed by atoms with van der Waals surface area (Å²) in [7, 11) is 0. The highest BCUT2D eigenvalue weighted by molar-refractivity contribution is 4.81. The van der Waals surface area contributed by atoms with Crippen LogP contribution in [0.4, 0.5) is 0 Å². The molecule has 0 heterocycles. The van der Waals surface area contributed by atoms with Crippen LogP contribution in [-0.2, 0) is 14.2 Å². The highest BCUT2D eigenvalue weighted by Gasteiger charge is 2.31. The van der Waals surface area contributed by atoms with E-state index >= 15 is 0 Å². The van der Waals surface area contributed by atoms with Crippen molar-refractivity contribution in [3.63, 3.8) is 0 Å². The van der Waals surface area contributed by atoms with E-state index in [4.69, 9.17) is 14.2 Å². The number of rotatable bonds is 15. The van der Waals surface area contributed by atoms with Gasteiger partial charge < -0.3 is 14.2 Å². The van der Waals surface area contributed by atoms with Gasteiger partial charge in [-0.25, -0.2) is 0 Å². The van der Waals surface area contributed by atoms with Crippen LogP contribution in [0.5, 0.6) is 0 Å². The second-order valence-electron chi connectivity index (χ2n) is 8.68. The van der Waals surface area contributed by atoms with Gasteiger partial charge in [-0.15, -0.1) is 0 Å². The average molecular weight is 371 g/mol. The minimum Gasteiger partial charge on any atom is -0.379 e. The van der Waals surface area contributed by atoms with E-state index in [-0.39, 0.29) is 6.10 Å². The molecule has 0 aromatic carbocycles. The van der Waals surface area contributed by atoms with Crippen molar-refractivity contribution in [2.75, 3.05) is 26.4 Å². The number of hydrogen-bond acceptors (Lipinski definition) is 3. The Morgan fingerprint density at radius 3 is 2.23 bits per heavy atom. The fourth-order valence-electron chi connectivity index (χ4n) is 3.95. The Morgan fingerprint density at radius 2 is 1.58 bits per heavy atom. The van der Waals surface area contributed by atoms with E-state index in [2.05, 4.69) is 34.6 Å². The maximum atomic E-state index is 6.42. The van der Waals surface area contributed by atoms with Crippen molar-refractivity contribution in [1.29, 1.82) is 0 Å². The largest absolute Gasteiger partial charge is 0.379 e. The fraction of sp³-hybridized carbons (Fsp3) is 1.00. The summed E-state index contributed by atoms with van der Waals surface area (Å²) < 4.78 is 18.4. The van der Waals surface area contributed by atoms with Crippen molar-refractivity contribution >= 4 is 0 Å². The van der Waals surface area contributed by atoms with Crippen LogP contribution in [0.15, 0.2) is 0 Å². The molecule has 0 saturated heterocycles. The van der Waals surface area contributed by atoms with Gasteiger partial charge in [-0.05, 0) is 43.4 Å². The Hall–Kier alpha value is -0.120. The Labute approximate surface area is 163 Å². The molecule has 1 saturated carbocycles. The zero-order valence-corrected chi connectivity index (χ0v) is 18.3. The summed E-state index contributed by atoms with van der Waals surface area (Å²) in [6, 6.07) is 0. The van der Waals surface area contributed by atoms with Crippen molar-refractivity contribution in [3.8, 4) is 0 Å². The zero-order valence-electron chi connectivity index (χ0n) is 18.3. The lowest BCUT2D eigenvalue weighted by molar-refractivity contribution is -0.105. The third kappa shape index (κ3) is 10.3. The highest BCUT2D eigenvalue weighted by Crippen LogP contribution is 2.35. The van der Waals surface area contributed by atoms with Gasteiger partial charge >= 0.3 is 0 Å². The van der Waals surface area contributed by atoms with E-state index in [1.165, 1.54) is 44.9 Å². The molecule has 0 aromatic rings. The molecule has 0 aromatic heterocycles. The summed E-state index contributed by atoms with van der Waals surface area (Å²) >= 11 is 0. The molecule has 1 aliphatic carbocycles. The van der Waals surface area contributed by atoms with Crippen LogP contribution in [0, 0.1) is 17.8 Å². The van der Waals surface area contributed by atoms with Gasteiger partial charge in [0.1, 0.15) is 6.10 Å². The van der Waals surface area contributed by atoms with E-state index in [1.54, 1.807) is 0 Å². The first-order valence-electron chi connectivity index (χ1n) is 11.4. The molecule has 0 amide bonds. The number of ether oxygens (including phenoxy) is 3. The summed E-state index contributed by atoms with van der Waals surface area (Å²) in [5, 5.41) is 0. The second kappa shape index (κ2) is 14.9. The summed E-state index contributed by atoms with van der Waals surface area (Å²) in [5.41, 5.74) is 0. The Bertz CT molecular complexity index is 319. The quantitative estimate of drug-likeness (QED) is 0.319. The second-order valence-corrected chi connectivity index (χ2v) is 8.68. The molecule has 4 atom stereocenters. The zero-order chi connectivity index (χ0) is 19.2. The molecule has 1 fully saturated rings. The van der Waals surface area contributed by atoms with Crippen LogP contribution >= 0.6 is 0 Å². The molecular weight excluding hydrogens is 324 g/mol. The molecule has 3 nitrogen and oxygen atoms in total. The van der Waals surface area contributed by atoms with Gasteiger partial charge in [-0.3, -0.25) is 0 Å². The minimum absolute atomic E-state index is 0.0820. The van der Waals surface area contributed by atoms with Crippen LogP contribution < -0.4 is 0 Å². The molecule has 0 bridgehead atoms. The van der Waals surface area contributed by atoms with Crippen LogP contribution in [-0.4, -0.2) is 38.6 Å². The molecule has 0 aliphatic heterocycles. The van der Waals surface area contributed by atoms with Gasteiger partial charge in [-0.2, -0.15) is 0 Å². The lowest BCUT2D eigenvalue weighted by Gasteiger charge is -2.37. The number of hydrogen-bond donors (Lipinski definition) is 0. The Balaban J connectivity index is 2.42. The van der Waals surface area contributed by atoms with Gasteiger partial charge in [0.2, 0.25) is 0 Å². The molecule has 0 spiro atoms. The van der Waals surface area contributed by atoms with Crippen LogP contribution in [0.3, 0.4) is 0 Å². The lowest BCUT2D eigenvalue weighted by Crippen LogP contribution is -2.37. The maximum absolute atomic E-state index is 6.42. The summed E-state index contributed by atoms with van der Waals surface area (Å²) in [6.45, 7) is 14.5. The SMILES string of the molecule is CCCCCOCC(COC1CC(C)CCC1C(C)C)OCCCCC. The van der Waals surface area contributed by atoms with Gasteiger partial charge in [0, 0.05) is 13.2 Å². The molecule has 156 valence electrons. The first kappa shape index (κ1) is 23.9. The average Bonchev–Trinajstić information content (AvgIpc) is 2.62. The van der Waals surface area contributed by atoms with Crippen LogP contribution in [0.1, 0.15) is 92.4 Å². The van der Waals surface area contributed by atoms with E-state index < -0.39 is 0 Å². The van der Waals surface area contributed by atoms with Gasteiger partial charge in [-0.1, -0.05) is 66.7 Å². The molecule has 0 N–H and O–H groups in total. The molecule has 4 unspecified atom stereocenters. The van der Waals surface area contributed by atoms with E-state index in [0.717, 1.165) is 32.0 Å². The first-order chi connectivity index (χ1) is 12.6. The third-order valence-corrected chi connectivity index (χ3v) is 5.75. The van der Waals surface area contributed by atoms with Crippen molar-refractivity contribution in [2.45, 2.75) is 105 Å². The first-order valence-corrected chi connectivity index (χ1v) is 11.4. The van der Waals surface area contributed by atoms with E-state index in [0.29, 0.717) is 31.2 Å². The standard InChI is InChI=1S/C23H46O3/c1-6-8-10-14-24-17-21(25-15-11-9-7-2)18-26-23-16-20(5)12-13-22(23)19(3)4/h19-23H,6-18H2,1-5H3. The van der Waals surface area contributed by atoms with E-state index in [1.807, 2.05) is 0 Å². The topological polar surface area (TPSA) is 27.7 Å². The lowest BCUT2D eigenvalue weighted by atomic mass is 9.75. The molecule has 26 heavy (non-hydrogen) atoms. The molecular formula is C23H46O3. The molecule has 3 heteroatoms. The predicted molar refractivity (Wildman–Crippen MR) is 111 cm³/mol. The molecule has 0 radical (unpaired) electrons. The fourth-order valence-corrected chi connectivity index (χ4v) is 3.95. The summed E-state index contributed by atoms with van der Waals surface area (Å²) in [5.74, 6) is 2.17. The van der Waals surface area contributed by atoms with Crippen molar-refractivity contribution in [3.05, 3.63) is 0 Å². The van der Waals surface area contributed by atoms with Crippen molar-refractivity contribution in [1.82, 2.24) is 0 Å². The Kier molecular flexibility index (Phi) is 13.7. The summed E-state index contributed by atoms with van der Waals surface area (Å²) in [4.78, 5) is 0. The summed E-state index contributed by atoms with van der Waals surface area (Å²) in [6.07, 6.45) is 11.6.